The van der Waals surface area contributed by atoms with Crippen LogP contribution in [-0.2, 0) is 54.1 Å². The molecule has 0 spiro atoms. The number of aliphatic hydroxyl groups excluding tert-OH is 6. The SMILES string of the molecule is C[C@@H](O)[C@@H]1NC(=O)C(NC(=O)OC(C)(C)C)C[C@@H](O)CNC(=O)[C@@H]2[C@@H](O)[C@@H](C)CN2C(=O)[C@H]([C@H](O)CC(N)=O)NC(=O)[C@H]([C@H](O)Cc2ccc(O)c(OSOOO)c2)NC(=O)[C@@H]2C[C@@H](O)CN2C1=O. The number of aliphatic hydroxyl groups is 6. The molecule has 0 radical (unpaired) electrons. The Bertz CT molecular complexity index is 2050. The minimum atomic E-state index is -2.20. The number of phenols is 1. The lowest BCUT2D eigenvalue weighted by molar-refractivity contribution is -0.433. The number of alkyl carbamates (subject to hydrolysis) is 1. The van der Waals surface area contributed by atoms with Gasteiger partial charge in [-0.25, -0.2) is 10.1 Å². The predicted molar refractivity (Wildman–Crippen MR) is 232 cm³/mol. The maximum absolute atomic E-state index is 14.5. The number of hydrogen-bond donors (Lipinski definition) is 14. The number of fused-ring (bicyclic) bond motifs is 2. The molecule has 3 heterocycles. The Labute approximate surface area is 398 Å². The molecule has 28 nitrogen and oxygen atoms in total. The van der Waals surface area contributed by atoms with Gasteiger partial charge < -0.3 is 86.8 Å². The topological polar surface area (TPSA) is 428 Å². The van der Waals surface area contributed by atoms with Gasteiger partial charge in [0.25, 0.3) is 12.3 Å². The number of aromatic hydroxyl groups is 1. The van der Waals surface area contributed by atoms with E-state index in [0.29, 0.717) is 0 Å². The van der Waals surface area contributed by atoms with E-state index in [1.807, 2.05) is 0 Å². The Morgan fingerprint density at radius 3 is 2.13 bits per heavy atom. The van der Waals surface area contributed by atoms with Crippen molar-refractivity contribution < 1.29 is 97.7 Å². The lowest BCUT2D eigenvalue weighted by Crippen LogP contribution is -2.64. The summed E-state index contributed by atoms with van der Waals surface area (Å²) in [5.41, 5.74) is 4.34. The van der Waals surface area contributed by atoms with E-state index in [-0.39, 0.29) is 23.6 Å². The maximum Gasteiger partial charge on any atom is 0.408 e. The van der Waals surface area contributed by atoms with Crippen LogP contribution < -0.4 is 36.5 Å². The van der Waals surface area contributed by atoms with Crippen molar-refractivity contribution in [2.24, 2.45) is 11.7 Å². The summed E-state index contributed by atoms with van der Waals surface area (Å²) in [7, 11) is 0. The number of β-amino-alcohol motifs (C(OH)–C–C–N with tert-alkyl or cyclic N) is 1. The van der Waals surface area contributed by atoms with Crippen LogP contribution in [0.5, 0.6) is 11.5 Å². The fourth-order valence-corrected chi connectivity index (χ4v) is 8.13. The fourth-order valence-electron chi connectivity index (χ4n) is 7.87. The maximum atomic E-state index is 14.5. The number of nitrogens with zero attached hydrogens (tertiary/aromatic N) is 2. The average Bonchev–Trinajstić information content (AvgIpc) is 3.79. The minimum absolute atomic E-state index is 0.0575. The molecule has 0 aromatic heterocycles. The first-order chi connectivity index (χ1) is 32.2. The first kappa shape index (κ1) is 56.0. The first-order valence-corrected chi connectivity index (χ1v) is 22.2. The summed E-state index contributed by atoms with van der Waals surface area (Å²) in [4.78, 5) is 112. The zero-order chi connectivity index (χ0) is 51.7. The van der Waals surface area contributed by atoms with Gasteiger partial charge in [-0.3, -0.25) is 33.6 Å². The van der Waals surface area contributed by atoms with Crippen molar-refractivity contribution in [3.63, 3.8) is 0 Å². The van der Waals surface area contributed by atoms with Crippen LogP contribution in [0.4, 0.5) is 4.79 Å². The van der Waals surface area contributed by atoms with Crippen molar-refractivity contribution in [3.05, 3.63) is 23.8 Å². The van der Waals surface area contributed by atoms with Crippen LogP contribution in [-0.4, -0.2) is 196 Å². The molecule has 8 amide bonds. The van der Waals surface area contributed by atoms with Gasteiger partial charge in [0, 0.05) is 44.8 Å². The molecule has 15 N–H and O–H groups in total. The molecule has 3 saturated heterocycles. The number of ether oxygens (including phenoxy) is 1. The fraction of sp³-hybridized carbons (Fsp3) is 0.650. The molecule has 1 aromatic rings. The van der Waals surface area contributed by atoms with Crippen molar-refractivity contribution in [2.45, 2.75) is 139 Å². The number of benzene rings is 1. The number of nitrogens with one attached hydrogen (secondary N) is 5. The number of carbonyl (C=O) groups is 8. The van der Waals surface area contributed by atoms with Crippen molar-refractivity contribution in [2.75, 3.05) is 19.6 Å². The van der Waals surface area contributed by atoms with Crippen molar-refractivity contribution >= 4 is 59.8 Å². The van der Waals surface area contributed by atoms with E-state index in [9.17, 15) is 74.1 Å². The smallest absolute Gasteiger partial charge is 0.408 e. The molecule has 386 valence electrons. The number of phenolic OH excluding ortho intramolecular Hbond substituents is 1. The zero-order valence-electron chi connectivity index (χ0n) is 38.0. The van der Waals surface area contributed by atoms with E-state index in [2.05, 4.69) is 36.0 Å². The number of hydrogen-bond acceptors (Lipinski definition) is 21. The molecule has 69 heavy (non-hydrogen) atoms. The third kappa shape index (κ3) is 15.2. The number of rotatable bonds is 12. The lowest BCUT2D eigenvalue weighted by Gasteiger charge is -2.33. The molecule has 13 atom stereocenters. The highest BCUT2D eigenvalue weighted by Gasteiger charge is 2.50. The van der Waals surface area contributed by atoms with Gasteiger partial charge in [-0.05, 0) is 45.4 Å². The summed E-state index contributed by atoms with van der Waals surface area (Å²) < 4.78 is 14.5. The minimum Gasteiger partial charge on any atom is -0.504 e. The summed E-state index contributed by atoms with van der Waals surface area (Å²) in [6.07, 6.45) is -14.6. The van der Waals surface area contributed by atoms with E-state index < -0.39 is 183 Å². The van der Waals surface area contributed by atoms with Crippen molar-refractivity contribution in [3.8, 4) is 11.5 Å². The molecule has 1 aromatic carbocycles. The Morgan fingerprint density at radius 2 is 1.51 bits per heavy atom. The van der Waals surface area contributed by atoms with Gasteiger partial charge >= 0.3 is 6.09 Å². The standard InChI is InChI=1S/C40H60N8O20S/c1-16-14-48-31(32(16)56)36(60)42-13-19(50)10-21(43-39(63)65-40(3,4)5)33(57)44-28(17(2)49)37(61)47-15-20(51)11-22(47)34(58)45-29(35(59)46-30(38(48)62)25(54)12-27(41)55)24(53)8-18-6-7-23(52)26(9-18)66-69-68-67-64/h6-7,9,16-17,19-22,24-25,28-32,49-54,56,64H,8,10-15H2,1-5H3,(H2,41,55)(H,42,60)(H,43,63)(H,44,57)(H,45,58)(H,46,59)/t16-,17+,19+,20+,21?,22-,24+,25+,28-,29-,30-,31-,32-/m0/s1. The molecule has 4 rings (SSSR count). The van der Waals surface area contributed by atoms with Gasteiger partial charge in [0.15, 0.2) is 11.5 Å². The third-order valence-corrected chi connectivity index (χ3v) is 11.6. The second kappa shape index (κ2) is 24.3. The van der Waals surface area contributed by atoms with E-state index in [1.54, 1.807) is 0 Å². The van der Waals surface area contributed by atoms with E-state index >= 15 is 0 Å². The van der Waals surface area contributed by atoms with Crippen LogP contribution in [0, 0.1) is 5.92 Å². The Kier molecular flexibility index (Phi) is 19.7. The zero-order valence-corrected chi connectivity index (χ0v) is 38.9. The predicted octanol–water partition coefficient (Wildman–Crippen LogP) is -5.33. The van der Waals surface area contributed by atoms with Crippen molar-refractivity contribution in [1.82, 2.24) is 36.4 Å². The molecule has 3 aliphatic rings. The van der Waals surface area contributed by atoms with Gasteiger partial charge in [0.05, 0.1) is 43.0 Å². The molecule has 0 aliphatic carbocycles. The summed E-state index contributed by atoms with van der Waals surface area (Å²) in [5.74, 6) is -10.2. The van der Waals surface area contributed by atoms with Gasteiger partial charge in [0.2, 0.25) is 41.4 Å². The lowest BCUT2D eigenvalue weighted by atomic mass is 9.98. The van der Waals surface area contributed by atoms with Gasteiger partial charge in [-0.2, -0.15) is 0 Å². The molecule has 29 heteroatoms. The van der Waals surface area contributed by atoms with E-state index in [1.165, 1.54) is 33.8 Å². The quantitative estimate of drug-likeness (QED) is 0.0402. The van der Waals surface area contributed by atoms with Crippen molar-refractivity contribution in [1.29, 1.82) is 0 Å². The van der Waals surface area contributed by atoms with Crippen LogP contribution >= 0.6 is 12.3 Å². The highest BCUT2D eigenvalue weighted by molar-refractivity contribution is 7.90. The molecule has 3 fully saturated rings. The van der Waals surface area contributed by atoms with Gasteiger partial charge in [0.1, 0.15) is 41.9 Å². The second-order valence-electron chi connectivity index (χ2n) is 17.9. The highest BCUT2D eigenvalue weighted by Crippen LogP contribution is 2.31. The average molecular weight is 1010 g/mol. The number of carbonyl (C=O) groups excluding carboxylic acids is 8. The molecule has 1 unspecified atom stereocenters. The largest absolute Gasteiger partial charge is 0.504 e. The second-order valence-corrected chi connectivity index (χ2v) is 18.4. The number of amides is 8. The molecule has 0 saturated carbocycles. The van der Waals surface area contributed by atoms with Crippen LogP contribution in [0.15, 0.2) is 18.2 Å². The Balaban J connectivity index is 1.85. The highest BCUT2D eigenvalue weighted by atomic mass is 32.2. The normalized spacial score (nSPS) is 29.2. The van der Waals surface area contributed by atoms with Crippen LogP contribution in [0.2, 0.25) is 0 Å². The molecular formula is C40H60N8O20S. The first-order valence-electron chi connectivity index (χ1n) is 21.5. The number of nitrogens with two attached hydrogens (primary N) is 1. The van der Waals surface area contributed by atoms with Crippen LogP contribution in [0.1, 0.15) is 59.4 Å². The summed E-state index contributed by atoms with van der Waals surface area (Å²) in [6.45, 7) is 5.44. The molecular weight excluding hydrogens is 945 g/mol. The Hall–Kier alpha value is -5.63. The third-order valence-electron chi connectivity index (χ3n) is 11.2. The van der Waals surface area contributed by atoms with Gasteiger partial charge in [-0.1, -0.05) is 22.4 Å². The monoisotopic (exact) mass is 1000 g/mol. The summed E-state index contributed by atoms with van der Waals surface area (Å²) in [5, 5.41) is 100. The van der Waals surface area contributed by atoms with E-state index in [0.717, 1.165) is 28.9 Å². The number of primary amides is 1. The van der Waals surface area contributed by atoms with Crippen LogP contribution in [0.25, 0.3) is 0 Å². The summed E-state index contributed by atoms with van der Waals surface area (Å²) in [6, 6.07) is -8.04. The Morgan fingerprint density at radius 1 is 0.870 bits per heavy atom. The summed E-state index contributed by atoms with van der Waals surface area (Å²) >= 11 is 0.0575. The van der Waals surface area contributed by atoms with Gasteiger partial charge in [-0.15, -0.1) is 0 Å². The van der Waals surface area contributed by atoms with E-state index in [4.69, 9.17) is 19.9 Å². The molecule has 3 aliphatic heterocycles. The molecule has 0 bridgehead atoms. The van der Waals surface area contributed by atoms with Crippen LogP contribution in [0.3, 0.4) is 0 Å².